The van der Waals surface area contributed by atoms with Crippen molar-refractivity contribution in [1.29, 1.82) is 0 Å². The summed E-state index contributed by atoms with van der Waals surface area (Å²) >= 11 is 0. The predicted octanol–water partition coefficient (Wildman–Crippen LogP) is 1.97. The summed E-state index contributed by atoms with van der Waals surface area (Å²) in [5, 5.41) is 8.99. The summed E-state index contributed by atoms with van der Waals surface area (Å²) in [5.41, 5.74) is 1.45. The highest BCUT2D eigenvalue weighted by atomic mass is 16.3. The third-order valence-corrected chi connectivity index (χ3v) is 2.58. The van der Waals surface area contributed by atoms with Crippen LogP contribution in [0.2, 0.25) is 0 Å². The SMILES string of the molecule is C=C1CC(C(C)(C)CO)C1. The molecule has 0 atom stereocenters. The van der Waals surface area contributed by atoms with Gasteiger partial charge in [0.15, 0.2) is 0 Å². The molecule has 1 N–H and O–H groups in total. The normalized spacial score (nSPS) is 20.9. The highest BCUT2D eigenvalue weighted by molar-refractivity contribution is 5.10. The van der Waals surface area contributed by atoms with E-state index >= 15 is 0 Å². The summed E-state index contributed by atoms with van der Waals surface area (Å²) in [7, 11) is 0. The van der Waals surface area contributed by atoms with E-state index in [1.54, 1.807) is 0 Å². The van der Waals surface area contributed by atoms with Gasteiger partial charge in [-0.25, -0.2) is 0 Å². The van der Waals surface area contributed by atoms with E-state index in [-0.39, 0.29) is 5.41 Å². The number of hydrogen-bond donors (Lipinski definition) is 1. The number of aliphatic hydroxyl groups excluding tert-OH is 1. The number of allylic oxidation sites excluding steroid dienone is 1. The summed E-state index contributed by atoms with van der Waals surface area (Å²) in [6.45, 7) is 8.40. The maximum Gasteiger partial charge on any atom is 0.0485 e. The van der Waals surface area contributed by atoms with Gasteiger partial charge in [-0.15, -0.1) is 0 Å². The van der Waals surface area contributed by atoms with E-state index in [2.05, 4.69) is 20.4 Å². The molecule has 0 spiro atoms. The zero-order chi connectivity index (χ0) is 7.78. The molecule has 1 fully saturated rings. The second-order valence-electron chi connectivity index (χ2n) is 4.00. The number of aliphatic hydroxyl groups is 1. The molecule has 0 aromatic rings. The molecule has 1 rings (SSSR count). The molecule has 0 aromatic carbocycles. The van der Waals surface area contributed by atoms with Gasteiger partial charge in [-0.2, -0.15) is 0 Å². The Morgan fingerprint density at radius 1 is 1.60 bits per heavy atom. The van der Waals surface area contributed by atoms with Gasteiger partial charge in [-0.1, -0.05) is 26.0 Å². The van der Waals surface area contributed by atoms with E-state index in [1.165, 1.54) is 5.57 Å². The first-order valence-electron chi connectivity index (χ1n) is 3.84. The molecule has 0 aliphatic heterocycles. The van der Waals surface area contributed by atoms with Gasteiger partial charge in [0.25, 0.3) is 0 Å². The molecule has 10 heavy (non-hydrogen) atoms. The van der Waals surface area contributed by atoms with Crippen molar-refractivity contribution in [3.05, 3.63) is 12.2 Å². The minimum atomic E-state index is 0.112. The van der Waals surface area contributed by atoms with Crippen molar-refractivity contribution in [2.24, 2.45) is 11.3 Å². The zero-order valence-electron chi connectivity index (χ0n) is 6.85. The number of hydrogen-bond acceptors (Lipinski definition) is 1. The Labute approximate surface area is 62.8 Å². The fourth-order valence-corrected chi connectivity index (χ4v) is 1.32. The van der Waals surface area contributed by atoms with Gasteiger partial charge in [0, 0.05) is 6.61 Å². The molecular formula is C9H16O. The van der Waals surface area contributed by atoms with E-state index in [4.69, 9.17) is 5.11 Å². The lowest BCUT2D eigenvalue weighted by Crippen LogP contribution is -2.33. The molecule has 1 saturated carbocycles. The van der Waals surface area contributed by atoms with Gasteiger partial charge in [0.1, 0.15) is 0 Å². The smallest absolute Gasteiger partial charge is 0.0485 e. The maximum atomic E-state index is 8.99. The molecular weight excluding hydrogens is 124 g/mol. The quantitative estimate of drug-likeness (QED) is 0.581. The monoisotopic (exact) mass is 140 g/mol. The minimum Gasteiger partial charge on any atom is -0.396 e. The molecule has 0 unspecified atom stereocenters. The molecule has 0 saturated heterocycles. The summed E-state index contributed by atoms with van der Waals surface area (Å²) in [6.07, 6.45) is 2.24. The molecule has 0 amide bonds. The van der Waals surface area contributed by atoms with Crippen LogP contribution in [0.5, 0.6) is 0 Å². The lowest BCUT2D eigenvalue weighted by molar-refractivity contribution is 0.0749. The Morgan fingerprint density at radius 2 is 2.10 bits per heavy atom. The molecule has 1 nitrogen and oxygen atoms in total. The average Bonchev–Trinajstić information content (AvgIpc) is 1.81. The standard InChI is InChI=1S/C9H16O/c1-7-4-8(5-7)9(2,3)6-10/h8,10H,1,4-6H2,2-3H3. The highest BCUT2D eigenvalue weighted by Gasteiger charge is 2.35. The average molecular weight is 140 g/mol. The van der Waals surface area contributed by atoms with E-state index < -0.39 is 0 Å². The molecule has 0 bridgehead atoms. The Hall–Kier alpha value is -0.300. The van der Waals surface area contributed by atoms with Crippen molar-refractivity contribution in [3.63, 3.8) is 0 Å². The molecule has 0 radical (unpaired) electrons. The van der Waals surface area contributed by atoms with Crippen LogP contribution in [-0.4, -0.2) is 11.7 Å². The molecule has 1 aliphatic rings. The van der Waals surface area contributed by atoms with Gasteiger partial charge >= 0.3 is 0 Å². The van der Waals surface area contributed by atoms with Crippen LogP contribution in [0, 0.1) is 11.3 Å². The van der Waals surface area contributed by atoms with Gasteiger partial charge in [0.05, 0.1) is 0 Å². The van der Waals surface area contributed by atoms with Crippen LogP contribution >= 0.6 is 0 Å². The van der Waals surface area contributed by atoms with Crippen LogP contribution in [0.15, 0.2) is 12.2 Å². The zero-order valence-corrected chi connectivity index (χ0v) is 6.85. The van der Waals surface area contributed by atoms with E-state index in [0.717, 1.165) is 12.8 Å². The maximum absolute atomic E-state index is 8.99. The number of rotatable bonds is 2. The Bertz CT molecular complexity index is 139. The predicted molar refractivity (Wildman–Crippen MR) is 42.7 cm³/mol. The Balaban J connectivity index is 2.43. The van der Waals surface area contributed by atoms with E-state index in [0.29, 0.717) is 12.5 Å². The van der Waals surface area contributed by atoms with Crippen LogP contribution in [0.25, 0.3) is 0 Å². The fraction of sp³-hybridized carbons (Fsp3) is 0.778. The lowest BCUT2D eigenvalue weighted by atomic mass is 9.66. The lowest BCUT2D eigenvalue weighted by Gasteiger charge is -2.40. The van der Waals surface area contributed by atoms with Crippen molar-refractivity contribution in [3.8, 4) is 0 Å². The molecule has 1 heteroatoms. The van der Waals surface area contributed by atoms with Gasteiger partial charge in [-0.3, -0.25) is 0 Å². The van der Waals surface area contributed by atoms with Gasteiger partial charge in [0.2, 0.25) is 0 Å². The topological polar surface area (TPSA) is 20.2 Å². The first kappa shape index (κ1) is 7.80. The van der Waals surface area contributed by atoms with Crippen molar-refractivity contribution in [1.82, 2.24) is 0 Å². The third-order valence-electron chi connectivity index (χ3n) is 2.58. The summed E-state index contributed by atoms with van der Waals surface area (Å²) in [4.78, 5) is 0. The second-order valence-corrected chi connectivity index (χ2v) is 4.00. The van der Waals surface area contributed by atoms with Crippen molar-refractivity contribution in [2.75, 3.05) is 6.61 Å². The van der Waals surface area contributed by atoms with Crippen LogP contribution in [0.3, 0.4) is 0 Å². The van der Waals surface area contributed by atoms with Crippen LogP contribution in [0.1, 0.15) is 26.7 Å². The van der Waals surface area contributed by atoms with Gasteiger partial charge < -0.3 is 5.11 Å². The first-order valence-corrected chi connectivity index (χ1v) is 3.84. The minimum absolute atomic E-state index is 0.112. The van der Waals surface area contributed by atoms with Crippen LogP contribution in [0.4, 0.5) is 0 Å². The van der Waals surface area contributed by atoms with Gasteiger partial charge in [-0.05, 0) is 24.2 Å². The molecule has 0 aromatic heterocycles. The Kier molecular flexibility index (Phi) is 1.86. The van der Waals surface area contributed by atoms with Crippen molar-refractivity contribution in [2.45, 2.75) is 26.7 Å². The summed E-state index contributed by atoms with van der Waals surface area (Å²) in [6, 6.07) is 0. The van der Waals surface area contributed by atoms with Crippen LogP contribution < -0.4 is 0 Å². The highest BCUT2D eigenvalue weighted by Crippen LogP contribution is 2.43. The van der Waals surface area contributed by atoms with Crippen LogP contribution in [-0.2, 0) is 0 Å². The van der Waals surface area contributed by atoms with Crippen molar-refractivity contribution >= 4 is 0 Å². The molecule has 0 heterocycles. The van der Waals surface area contributed by atoms with Crippen molar-refractivity contribution < 1.29 is 5.11 Å². The Morgan fingerprint density at radius 3 is 2.40 bits per heavy atom. The molecule has 58 valence electrons. The largest absolute Gasteiger partial charge is 0.396 e. The third kappa shape index (κ3) is 1.24. The van der Waals surface area contributed by atoms with E-state index in [9.17, 15) is 0 Å². The van der Waals surface area contributed by atoms with E-state index in [1.807, 2.05) is 0 Å². The second kappa shape index (κ2) is 2.39. The fourth-order valence-electron chi connectivity index (χ4n) is 1.32. The molecule has 1 aliphatic carbocycles. The summed E-state index contributed by atoms with van der Waals surface area (Å²) < 4.78 is 0. The first-order chi connectivity index (χ1) is 4.56. The summed E-state index contributed by atoms with van der Waals surface area (Å²) in [5.74, 6) is 0.671.